The molecule has 0 bridgehead atoms. The summed E-state index contributed by atoms with van der Waals surface area (Å²) in [5.41, 5.74) is 0. The van der Waals surface area contributed by atoms with Gasteiger partial charge in [0.15, 0.2) is 0 Å². The Morgan fingerprint density at radius 1 is 1.26 bits per heavy atom. The predicted octanol–water partition coefficient (Wildman–Crippen LogP) is 3.12. The van der Waals surface area contributed by atoms with Crippen molar-refractivity contribution in [1.29, 1.82) is 0 Å². The number of aromatic nitrogens is 2. The minimum atomic E-state index is 0.824. The maximum absolute atomic E-state index is 4.34. The molecule has 2 unspecified atom stereocenters. The highest BCUT2D eigenvalue weighted by Crippen LogP contribution is 2.37. The first-order valence-corrected chi connectivity index (χ1v) is 8.48. The second kappa shape index (κ2) is 6.18. The largest absolute Gasteiger partial charge is 0.360 e. The average Bonchev–Trinajstić information content (AvgIpc) is 3.05. The van der Waals surface area contributed by atoms with E-state index in [9.17, 15) is 0 Å². The number of nitrogens with zero attached hydrogens (tertiary/aromatic N) is 3. The third kappa shape index (κ3) is 3.08. The van der Waals surface area contributed by atoms with Crippen LogP contribution in [0.15, 0.2) is 0 Å². The standard InChI is InChI=1S/C14H24N4S/c1-2-8-15-14-17-16-13(19-14)10-18-9-4-6-11-5-3-7-12(11)18/h11-12H,2-10H2,1H3,(H,15,17). The minimum Gasteiger partial charge on any atom is -0.360 e. The van der Waals surface area contributed by atoms with Crippen LogP contribution in [0.5, 0.6) is 0 Å². The van der Waals surface area contributed by atoms with Crippen LogP contribution in [0.4, 0.5) is 5.13 Å². The number of nitrogens with one attached hydrogen (secondary N) is 1. The molecule has 1 aromatic rings. The van der Waals surface area contributed by atoms with Gasteiger partial charge < -0.3 is 5.32 Å². The van der Waals surface area contributed by atoms with Gasteiger partial charge in [-0.2, -0.15) is 0 Å². The summed E-state index contributed by atoms with van der Waals surface area (Å²) in [7, 11) is 0. The lowest BCUT2D eigenvalue weighted by Crippen LogP contribution is -2.41. The quantitative estimate of drug-likeness (QED) is 0.899. The molecule has 1 aliphatic heterocycles. The zero-order valence-corrected chi connectivity index (χ0v) is 12.6. The Morgan fingerprint density at radius 2 is 2.16 bits per heavy atom. The molecule has 2 atom stereocenters. The highest BCUT2D eigenvalue weighted by molar-refractivity contribution is 7.15. The molecule has 1 aromatic heterocycles. The molecule has 106 valence electrons. The lowest BCUT2D eigenvalue weighted by Gasteiger charge is -2.37. The van der Waals surface area contributed by atoms with Crippen molar-refractivity contribution in [2.24, 2.45) is 5.92 Å². The number of fused-ring (bicyclic) bond motifs is 1. The van der Waals surface area contributed by atoms with Gasteiger partial charge in [-0.05, 0) is 44.6 Å². The van der Waals surface area contributed by atoms with Gasteiger partial charge in [-0.25, -0.2) is 0 Å². The van der Waals surface area contributed by atoms with Gasteiger partial charge in [0.2, 0.25) is 5.13 Å². The fourth-order valence-corrected chi connectivity index (χ4v) is 4.34. The molecule has 4 nitrogen and oxygen atoms in total. The summed E-state index contributed by atoms with van der Waals surface area (Å²) in [4.78, 5) is 2.66. The predicted molar refractivity (Wildman–Crippen MR) is 79.5 cm³/mol. The van der Waals surface area contributed by atoms with Gasteiger partial charge in [-0.1, -0.05) is 24.7 Å². The second-order valence-corrected chi connectivity index (χ2v) is 6.86. The van der Waals surface area contributed by atoms with Crippen molar-refractivity contribution in [3.05, 3.63) is 5.01 Å². The van der Waals surface area contributed by atoms with Crippen molar-refractivity contribution in [3.63, 3.8) is 0 Å². The van der Waals surface area contributed by atoms with E-state index in [1.54, 1.807) is 11.3 Å². The van der Waals surface area contributed by atoms with E-state index in [1.807, 2.05) is 0 Å². The van der Waals surface area contributed by atoms with E-state index < -0.39 is 0 Å². The number of hydrogen-bond acceptors (Lipinski definition) is 5. The zero-order valence-electron chi connectivity index (χ0n) is 11.8. The van der Waals surface area contributed by atoms with E-state index in [-0.39, 0.29) is 0 Å². The third-order valence-electron chi connectivity index (χ3n) is 4.44. The number of hydrogen-bond donors (Lipinski definition) is 1. The van der Waals surface area contributed by atoms with Gasteiger partial charge in [0.05, 0.1) is 6.54 Å². The van der Waals surface area contributed by atoms with Gasteiger partial charge in [0.25, 0.3) is 0 Å². The molecule has 3 rings (SSSR count). The monoisotopic (exact) mass is 280 g/mol. The average molecular weight is 280 g/mol. The van der Waals surface area contributed by atoms with E-state index in [0.29, 0.717) is 0 Å². The van der Waals surface area contributed by atoms with Crippen molar-refractivity contribution in [1.82, 2.24) is 15.1 Å². The molecule has 2 fully saturated rings. The van der Waals surface area contributed by atoms with Crippen LogP contribution in [-0.2, 0) is 6.54 Å². The Bertz CT molecular complexity index is 406. The molecule has 1 aliphatic carbocycles. The van der Waals surface area contributed by atoms with E-state index in [4.69, 9.17) is 0 Å². The molecule has 2 heterocycles. The molecule has 1 saturated heterocycles. The summed E-state index contributed by atoms with van der Waals surface area (Å²) in [6, 6.07) is 0.824. The number of likely N-dealkylation sites (tertiary alicyclic amines) is 1. The lowest BCUT2D eigenvalue weighted by atomic mass is 9.92. The van der Waals surface area contributed by atoms with Crippen LogP contribution >= 0.6 is 11.3 Å². The Labute approximate surface area is 119 Å². The van der Waals surface area contributed by atoms with Gasteiger partial charge in [0.1, 0.15) is 5.01 Å². The van der Waals surface area contributed by atoms with Crippen LogP contribution < -0.4 is 5.32 Å². The van der Waals surface area contributed by atoms with E-state index in [0.717, 1.165) is 36.6 Å². The van der Waals surface area contributed by atoms with Crippen molar-refractivity contribution in [2.45, 2.75) is 58.0 Å². The molecule has 0 spiro atoms. The van der Waals surface area contributed by atoms with Crippen molar-refractivity contribution < 1.29 is 0 Å². The van der Waals surface area contributed by atoms with Crippen LogP contribution in [0.1, 0.15) is 50.5 Å². The summed E-state index contributed by atoms with van der Waals surface area (Å²) >= 11 is 1.73. The van der Waals surface area contributed by atoms with Crippen LogP contribution in [-0.4, -0.2) is 34.2 Å². The molecule has 19 heavy (non-hydrogen) atoms. The number of anilines is 1. The first-order chi connectivity index (χ1) is 9.36. The van der Waals surface area contributed by atoms with Crippen LogP contribution in [0.25, 0.3) is 0 Å². The maximum atomic E-state index is 4.34. The van der Waals surface area contributed by atoms with Crippen molar-refractivity contribution in [2.75, 3.05) is 18.4 Å². The highest BCUT2D eigenvalue weighted by atomic mass is 32.1. The summed E-state index contributed by atoms with van der Waals surface area (Å²) < 4.78 is 0. The SMILES string of the molecule is CCCNc1nnc(CN2CCCC3CCCC32)s1. The summed E-state index contributed by atoms with van der Waals surface area (Å²) in [6.45, 7) is 5.41. The fraction of sp³-hybridized carbons (Fsp3) is 0.857. The van der Waals surface area contributed by atoms with Gasteiger partial charge >= 0.3 is 0 Å². The smallest absolute Gasteiger partial charge is 0.205 e. The molecule has 0 radical (unpaired) electrons. The number of piperidine rings is 1. The summed E-state index contributed by atoms with van der Waals surface area (Å²) in [5, 5.41) is 14.1. The van der Waals surface area contributed by atoms with E-state index in [1.165, 1.54) is 43.7 Å². The summed E-state index contributed by atoms with van der Waals surface area (Å²) in [6.07, 6.45) is 8.20. The fourth-order valence-electron chi connectivity index (χ4n) is 3.55. The normalized spacial score (nSPS) is 27.4. The van der Waals surface area contributed by atoms with Gasteiger partial charge in [-0.15, -0.1) is 10.2 Å². The molecular weight excluding hydrogens is 256 g/mol. The molecule has 0 amide bonds. The zero-order chi connectivity index (χ0) is 13.1. The molecule has 0 aromatic carbocycles. The van der Waals surface area contributed by atoms with Crippen molar-refractivity contribution in [3.8, 4) is 0 Å². The van der Waals surface area contributed by atoms with Crippen LogP contribution in [0.3, 0.4) is 0 Å². The van der Waals surface area contributed by atoms with Crippen molar-refractivity contribution >= 4 is 16.5 Å². The molecule has 1 saturated carbocycles. The van der Waals surface area contributed by atoms with Crippen LogP contribution in [0.2, 0.25) is 0 Å². The maximum Gasteiger partial charge on any atom is 0.205 e. The van der Waals surface area contributed by atoms with Gasteiger partial charge in [-0.3, -0.25) is 4.90 Å². The first-order valence-electron chi connectivity index (χ1n) is 7.67. The minimum absolute atomic E-state index is 0.824. The molecule has 2 aliphatic rings. The number of rotatable bonds is 5. The Kier molecular flexibility index (Phi) is 4.33. The van der Waals surface area contributed by atoms with Gasteiger partial charge in [0, 0.05) is 12.6 Å². The second-order valence-electron chi connectivity index (χ2n) is 5.80. The van der Waals surface area contributed by atoms with Crippen LogP contribution in [0, 0.1) is 5.92 Å². The Morgan fingerprint density at radius 3 is 3.05 bits per heavy atom. The lowest BCUT2D eigenvalue weighted by molar-refractivity contribution is 0.105. The molecular formula is C14H24N4S. The molecule has 1 N–H and O–H groups in total. The summed E-state index contributed by atoms with van der Waals surface area (Å²) in [5.74, 6) is 0.958. The Balaban J connectivity index is 1.59. The van der Waals surface area contributed by atoms with E-state index in [2.05, 4.69) is 27.3 Å². The Hall–Kier alpha value is -0.680. The molecule has 5 heteroatoms. The topological polar surface area (TPSA) is 41.1 Å². The van der Waals surface area contributed by atoms with E-state index >= 15 is 0 Å². The first kappa shape index (κ1) is 13.3. The third-order valence-corrected chi connectivity index (χ3v) is 5.31. The highest BCUT2D eigenvalue weighted by Gasteiger charge is 2.35.